The predicted molar refractivity (Wildman–Crippen MR) is 340 cm³/mol. The third-order valence-electron chi connectivity index (χ3n) is 16.2. The molecule has 0 bridgehead atoms. The van der Waals surface area contributed by atoms with Gasteiger partial charge in [-0.1, -0.05) is 218 Å². The highest BCUT2D eigenvalue weighted by molar-refractivity contribution is 6.19. The molecular weight excluding hydrogens is 1010 g/mol. The highest BCUT2D eigenvalue weighted by Gasteiger charge is 2.29. The number of aromatic nitrogens is 5. The van der Waals surface area contributed by atoms with Gasteiger partial charge in [-0.05, 0) is 105 Å². The Morgan fingerprint density at radius 1 is 0.289 bits per heavy atom. The number of fused-ring (bicyclic) bond motifs is 9. The second-order valence-electron chi connectivity index (χ2n) is 21.0. The van der Waals surface area contributed by atoms with E-state index < -0.39 is 0 Å². The van der Waals surface area contributed by atoms with E-state index in [0.29, 0.717) is 45.6 Å². The van der Waals surface area contributed by atoms with Crippen LogP contribution in [0.4, 0.5) is 5.69 Å². The molecule has 386 valence electrons. The molecule has 0 aliphatic rings. The van der Waals surface area contributed by atoms with Crippen molar-refractivity contribution in [2.24, 2.45) is 0 Å². The topological polar surface area (TPSA) is 66.0 Å². The number of benzene rings is 12. The first-order valence-electron chi connectivity index (χ1n) is 27.8. The van der Waals surface area contributed by atoms with Gasteiger partial charge in [-0.15, -0.1) is 0 Å². The highest BCUT2D eigenvalue weighted by Crippen LogP contribution is 2.50. The van der Waals surface area contributed by atoms with Crippen LogP contribution in [-0.4, -0.2) is 24.1 Å². The van der Waals surface area contributed by atoms with E-state index in [9.17, 15) is 6.57 Å². The molecule has 4 aromatic heterocycles. The molecule has 0 aliphatic carbocycles. The van der Waals surface area contributed by atoms with Crippen molar-refractivity contribution < 1.29 is 4.42 Å². The van der Waals surface area contributed by atoms with Crippen LogP contribution in [0.1, 0.15) is 0 Å². The van der Waals surface area contributed by atoms with Crippen molar-refractivity contribution in [3.8, 4) is 90.0 Å². The van der Waals surface area contributed by atoms with Crippen molar-refractivity contribution in [1.29, 1.82) is 0 Å². The molecule has 0 amide bonds. The average molecular weight is 1060 g/mol. The standard InChI is InChI=1S/C76H46N6O/c1-77-70-71(82-67-41-37-56(50-25-12-4-13-26-50)45-62(67)63-46-57(38-42-68(63)82)51-27-14-5-15-28-51)69(81-65-39-35-54(48-21-8-2-9-22-48)43-60(65)61-44-55(36-40-66(61)81)49-23-10-3-11-24-49)47-64-58-33-20-34-59(72(58)83-73(64)70)76-79-74(52-29-16-6-17-30-52)78-75(80-76)53-31-18-7-19-32-53/h2-47H. The van der Waals surface area contributed by atoms with Crippen molar-refractivity contribution in [2.45, 2.75) is 0 Å². The summed E-state index contributed by atoms with van der Waals surface area (Å²) in [6, 6.07) is 97.6. The van der Waals surface area contributed by atoms with E-state index in [1.54, 1.807) is 0 Å². The molecule has 4 heterocycles. The smallest absolute Gasteiger partial charge is 0.254 e. The van der Waals surface area contributed by atoms with Gasteiger partial charge in [0.05, 0.1) is 45.6 Å². The molecule has 0 radical (unpaired) electrons. The Labute approximate surface area is 477 Å². The third-order valence-corrected chi connectivity index (χ3v) is 16.2. The maximum absolute atomic E-state index is 9.52. The molecule has 7 heteroatoms. The van der Waals surface area contributed by atoms with Gasteiger partial charge in [0.1, 0.15) is 11.2 Å². The summed E-state index contributed by atoms with van der Waals surface area (Å²) in [6.07, 6.45) is 0. The Morgan fingerprint density at radius 3 is 1.04 bits per heavy atom. The van der Waals surface area contributed by atoms with Crippen LogP contribution in [-0.2, 0) is 0 Å². The zero-order valence-corrected chi connectivity index (χ0v) is 44.6. The summed E-state index contributed by atoms with van der Waals surface area (Å²) < 4.78 is 12.0. The summed E-state index contributed by atoms with van der Waals surface area (Å²) in [6.45, 7) is 9.52. The average Bonchev–Trinajstić information content (AvgIpc) is 2.12. The van der Waals surface area contributed by atoms with Crippen LogP contribution in [0.2, 0.25) is 0 Å². The lowest BCUT2D eigenvalue weighted by Crippen LogP contribution is -2.04. The van der Waals surface area contributed by atoms with Gasteiger partial charge in [-0.3, -0.25) is 0 Å². The minimum absolute atomic E-state index is 0.375. The van der Waals surface area contributed by atoms with E-state index in [2.05, 4.69) is 220 Å². The zero-order chi connectivity index (χ0) is 55.0. The largest absolute Gasteiger partial charge is 0.466 e. The summed E-state index contributed by atoms with van der Waals surface area (Å²) in [7, 11) is 0. The minimum atomic E-state index is 0.375. The van der Waals surface area contributed by atoms with E-state index in [1.807, 2.05) is 72.8 Å². The molecule has 0 spiro atoms. The Hall–Kier alpha value is -11.5. The minimum Gasteiger partial charge on any atom is -0.466 e. The molecule has 83 heavy (non-hydrogen) atoms. The van der Waals surface area contributed by atoms with Crippen LogP contribution < -0.4 is 0 Å². The molecule has 12 aromatic carbocycles. The van der Waals surface area contributed by atoms with E-state index in [1.165, 1.54) is 0 Å². The molecule has 0 N–H and O–H groups in total. The second-order valence-corrected chi connectivity index (χ2v) is 21.0. The van der Waals surface area contributed by atoms with Crippen molar-refractivity contribution in [3.05, 3.63) is 290 Å². The van der Waals surface area contributed by atoms with E-state index in [4.69, 9.17) is 19.4 Å². The van der Waals surface area contributed by atoms with E-state index >= 15 is 0 Å². The van der Waals surface area contributed by atoms with Crippen LogP contribution in [0, 0.1) is 6.57 Å². The molecule has 0 saturated carbocycles. The van der Waals surface area contributed by atoms with Crippen LogP contribution in [0.15, 0.2) is 283 Å². The molecule has 7 nitrogen and oxygen atoms in total. The molecule has 0 atom stereocenters. The normalized spacial score (nSPS) is 11.6. The first-order valence-corrected chi connectivity index (χ1v) is 27.8. The van der Waals surface area contributed by atoms with Crippen molar-refractivity contribution in [3.63, 3.8) is 0 Å². The second kappa shape index (κ2) is 19.4. The number of hydrogen-bond donors (Lipinski definition) is 0. The number of rotatable bonds is 9. The number of nitrogens with zero attached hydrogens (tertiary/aromatic N) is 6. The Bertz CT molecular complexity index is 4990. The lowest BCUT2D eigenvalue weighted by molar-refractivity contribution is 0.671. The summed E-state index contributed by atoms with van der Waals surface area (Å²) in [5.74, 6) is 1.55. The number of hydrogen-bond acceptors (Lipinski definition) is 4. The lowest BCUT2D eigenvalue weighted by Gasteiger charge is -2.19. The fourth-order valence-corrected chi connectivity index (χ4v) is 12.3. The third kappa shape index (κ3) is 7.92. The van der Waals surface area contributed by atoms with Gasteiger partial charge >= 0.3 is 0 Å². The summed E-state index contributed by atoms with van der Waals surface area (Å²) in [5, 5.41) is 5.94. The Balaban J connectivity index is 1.04. The van der Waals surface area contributed by atoms with Gasteiger partial charge in [0.25, 0.3) is 5.69 Å². The highest BCUT2D eigenvalue weighted by atomic mass is 16.3. The molecule has 0 fully saturated rings. The van der Waals surface area contributed by atoms with E-state index in [-0.39, 0.29) is 0 Å². The number of para-hydroxylation sites is 1. The van der Waals surface area contributed by atoms with E-state index in [0.717, 1.165) is 116 Å². The fourth-order valence-electron chi connectivity index (χ4n) is 12.3. The number of furan rings is 1. The van der Waals surface area contributed by atoms with Crippen LogP contribution in [0.5, 0.6) is 0 Å². The van der Waals surface area contributed by atoms with Gasteiger partial charge in [-0.2, -0.15) is 0 Å². The molecule has 0 aliphatic heterocycles. The lowest BCUT2D eigenvalue weighted by atomic mass is 10.0. The maximum Gasteiger partial charge on any atom is 0.254 e. The van der Waals surface area contributed by atoms with Gasteiger partial charge in [0, 0.05) is 43.4 Å². The van der Waals surface area contributed by atoms with Crippen molar-refractivity contribution in [1.82, 2.24) is 24.1 Å². The van der Waals surface area contributed by atoms with Gasteiger partial charge < -0.3 is 13.6 Å². The molecule has 0 saturated heterocycles. The maximum atomic E-state index is 9.52. The quantitative estimate of drug-likeness (QED) is 0.135. The zero-order valence-electron chi connectivity index (χ0n) is 44.6. The van der Waals surface area contributed by atoms with Crippen LogP contribution in [0.3, 0.4) is 0 Å². The van der Waals surface area contributed by atoms with Crippen LogP contribution in [0.25, 0.3) is 160 Å². The molecular formula is C76H46N6O. The van der Waals surface area contributed by atoms with Crippen LogP contribution >= 0.6 is 0 Å². The predicted octanol–water partition coefficient (Wildman–Crippen LogP) is 20.2. The molecule has 16 rings (SSSR count). The molecule has 16 aromatic rings. The van der Waals surface area contributed by atoms with Gasteiger partial charge in [0.2, 0.25) is 0 Å². The van der Waals surface area contributed by atoms with Crippen molar-refractivity contribution in [2.75, 3.05) is 0 Å². The van der Waals surface area contributed by atoms with Crippen molar-refractivity contribution >= 4 is 71.2 Å². The first-order chi connectivity index (χ1) is 41.1. The fraction of sp³-hybridized carbons (Fsp3) is 0. The van der Waals surface area contributed by atoms with Gasteiger partial charge in [0.15, 0.2) is 17.5 Å². The monoisotopic (exact) mass is 1060 g/mol. The Morgan fingerprint density at radius 2 is 0.651 bits per heavy atom. The molecule has 0 unspecified atom stereocenters. The Kier molecular flexibility index (Phi) is 11.1. The summed E-state index contributed by atoms with van der Waals surface area (Å²) in [4.78, 5) is 20.0. The summed E-state index contributed by atoms with van der Waals surface area (Å²) >= 11 is 0. The SMILES string of the molecule is [C-]#[N+]c1c(-n2c3ccc(-c4ccccc4)cc3c3cc(-c4ccccc4)ccc32)c(-n2c3ccc(-c4ccccc4)cc3c3cc(-c4ccccc4)ccc32)cc2c1oc1c(-c3nc(-c4ccccc4)nc(-c4ccccc4)n3)cccc12. The summed E-state index contributed by atoms with van der Waals surface area (Å²) in [5.41, 5.74) is 18.2. The first kappa shape index (κ1) is 47.5. The van der Waals surface area contributed by atoms with Gasteiger partial charge in [-0.25, -0.2) is 19.8 Å².